The minimum absolute atomic E-state index is 0.0126. The van der Waals surface area contributed by atoms with E-state index in [1.165, 1.54) is 0 Å². The van der Waals surface area contributed by atoms with Crippen LogP contribution in [0.4, 0.5) is 5.00 Å². The molecular weight excluding hydrogens is 302 g/mol. The van der Waals surface area contributed by atoms with Gasteiger partial charge < -0.3 is 4.90 Å². The number of carbonyl (C=O) groups excluding carboxylic acids is 2. The fourth-order valence-electron chi connectivity index (χ4n) is 2.05. The van der Waals surface area contributed by atoms with E-state index in [9.17, 15) is 9.59 Å². The van der Waals surface area contributed by atoms with Crippen LogP contribution >= 0.6 is 27.3 Å². The summed E-state index contributed by atoms with van der Waals surface area (Å²) in [4.78, 5) is 25.1. The van der Waals surface area contributed by atoms with Crippen molar-refractivity contribution in [1.82, 2.24) is 0 Å². The third-order valence-corrected chi connectivity index (χ3v) is 4.81. The first-order valence-electron chi connectivity index (χ1n) is 5.62. The Kier molecular flexibility index (Phi) is 3.99. The Labute approximate surface area is 113 Å². The summed E-state index contributed by atoms with van der Waals surface area (Å²) in [6.45, 7) is 0. The van der Waals surface area contributed by atoms with E-state index in [-0.39, 0.29) is 17.6 Å². The van der Waals surface area contributed by atoms with Gasteiger partial charge in [-0.15, -0.1) is 11.3 Å². The van der Waals surface area contributed by atoms with Crippen molar-refractivity contribution in [3.8, 4) is 0 Å². The summed E-state index contributed by atoms with van der Waals surface area (Å²) < 4.78 is 1.02. The largest absolute Gasteiger partial charge is 0.307 e. The van der Waals surface area contributed by atoms with Gasteiger partial charge in [0.05, 0.1) is 8.79 Å². The number of anilines is 1. The van der Waals surface area contributed by atoms with E-state index in [0.717, 1.165) is 8.79 Å². The number of carbonyl (C=O) groups is 2. The number of halogens is 1. The Morgan fingerprint density at radius 1 is 1.41 bits per heavy atom. The predicted octanol–water partition coefficient (Wildman–Crippen LogP) is 3.23. The minimum Gasteiger partial charge on any atom is -0.307 e. The molecule has 1 amide bonds. The zero-order valence-electron chi connectivity index (χ0n) is 9.61. The van der Waals surface area contributed by atoms with E-state index in [2.05, 4.69) is 15.9 Å². The molecule has 92 valence electrons. The molecule has 3 nitrogen and oxygen atoms in total. The van der Waals surface area contributed by atoms with Gasteiger partial charge in [0.1, 0.15) is 5.78 Å². The Balaban J connectivity index is 2.02. The molecule has 2 rings (SSSR count). The lowest BCUT2D eigenvalue weighted by molar-refractivity contribution is -0.126. The van der Waals surface area contributed by atoms with Gasteiger partial charge in [-0.05, 0) is 40.9 Å². The summed E-state index contributed by atoms with van der Waals surface area (Å²) in [6, 6.07) is 3.87. The second kappa shape index (κ2) is 5.31. The van der Waals surface area contributed by atoms with Gasteiger partial charge in [-0.3, -0.25) is 9.59 Å². The number of Topliss-reactive ketones (excluding diaryl/α,β-unsaturated/α-hetero) is 1. The average Bonchev–Trinajstić information content (AvgIpc) is 2.75. The highest BCUT2D eigenvalue weighted by molar-refractivity contribution is 9.11. The van der Waals surface area contributed by atoms with Crippen molar-refractivity contribution in [2.24, 2.45) is 5.92 Å². The van der Waals surface area contributed by atoms with Crippen LogP contribution < -0.4 is 4.90 Å². The van der Waals surface area contributed by atoms with E-state index in [0.29, 0.717) is 25.7 Å². The summed E-state index contributed by atoms with van der Waals surface area (Å²) in [5.41, 5.74) is 0. The van der Waals surface area contributed by atoms with Gasteiger partial charge in [-0.2, -0.15) is 0 Å². The van der Waals surface area contributed by atoms with Crippen LogP contribution in [0.2, 0.25) is 0 Å². The fourth-order valence-corrected chi connectivity index (χ4v) is 3.38. The van der Waals surface area contributed by atoms with Gasteiger partial charge in [0.15, 0.2) is 0 Å². The number of hydrogen-bond donors (Lipinski definition) is 0. The number of ketones is 1. The Morgan fingerprint density at radius 3 is 2.59 bits per heavy atom. The maximum atomic E-state index is 12.2. The number of nitrogens with zero attached hydrogens (tertiary/aromatic N) is 1. The van der Waals surface area contributed by atoms with Crippen LogP contribution in [-0.2, 0) is 9.59 Å². The molecular formula is C12H14BrNO2S. The lowest BCUT2D eigenvalue weighted by Crippen LogP contribution is -2.34. The van der Waals surface area contributed by atoms with Gasteiger partial charge in [-0.25, -0.2) is 0 Å². The zero-order chi connectivity index (χ0) is 12.4. The van der Waals surface area contributed by atoms with Crippen LogP contribution in [0.25, 0.3) is 0 Å². The molecule has 0 N–H and O–H groups in total. The molecule has 0 saturated heterocycles. The third-order valence-electron chi connectivity index (χ3n) is 3.11. The molecule has 1 aromatic heterocycles. The highest BCUT2D eigenvalue weighted by atomic mass is 79.9. The molecule has 0 aromatic carbocycles. The molecule has 1 saturated carbocycles. The van der Waals surface area contributed by atoms with E-state index in [4.69, 9.17) is 0 Å². The van der Waals surface area contributed by atoms with Gasteiger partial charge >= 0.3 is 0 Å². The maximum absolute atomic E-state index is 12.2. The Hall–Kier alpha value is -0.680. The molecule has 0 spiro atoms. The smallest absolute Gasteiger partial charge is 0.230 e. The molecule has 5 heteroatoms. The van der Waals surface area contributed by atoms with Crippen LogP contribution in [0.3, 0.4) is 0 Å². The van der Waals surface area contributed by atoms with Gasteiger partial charge in [0.25, 0.3) is 0 Å². The number of rotatable bonds is 2. The molecule has 0 aliphatic heterocycles. The average molecular weight is 316 g/mol. The van der Waals surface area contributed by atoms with Crippen molar-refractivity contribution in [3.05, 3.63) is 15.9 Å². The zero-order valence-corrected chi connectivity index (χ0v) is 12.0. The van der Waals surface area contributed by atoms with Crippen LogP contribution in [-0.4, -0.2) is 18.7 Å². The molecule has 0 radical (unpaired) electrons. The first kappa shape index (κ1) is 12.8. The third kappa shape index (κ3) is 2.96. The molecule has 0 atom stereocenters. The predicted molar refractivity (Wildman–Crippen MR) is 72.4 cm³/mol. The SMILES string of the molecule is CN(C(=O)C1CCC(=O)CC1)c1ccc(Br)s1. The summed E-state index contributed by atoms with van der Waals surface area (Å²) in [6.07, 6.45) is 2.51. The van der Waals surface area contributed by atoms with Crippen LogP contribution in [0.1, 0.15) is 25.7 Å². The molecule has 0 bridgehead atoms. The quantitative estimate of drug-likeness (QED) is 0.840. The molecule has 1 heterocycles. The van der Waals surface area contributed by atoms with Gasteiger partial charge in [-0.1, -0.05) is 0 Å². The second-order valence-electron chi connectivity index (χ2n) is 4.29. The summed E-state index contributed by atoms with van der Waals surface area (Å²) >= 11 is 4.93. The molecule has 1 aliphatic rings. The molecule has 1 aromatic rings. The minimum atomic E-state index is 0.0126. The van der Waals surface area contributed by atoms with E-state index in [1.807, 2.05) is 12.1 Å². The van der Waals surface area contributed by atoms with Crippen molar-refractivity contribution in [2.75, 3.05) is 11.9 Å². The summed E-state index contributed by atoms with van der Waals surface area (Å²) in [5.74, 6) is 0.431. The van der Waals surface area contributed by atoms with Crippen molar-refractivity contribution >= 4 is 44.0 Å². The normalized spacial score (nSPS) is 17.2. The first-order valence-corrected chi connectivity index (χ1v) is 7.23. The molecule has 17 heavy (non-hydrogen) atoms. The topological polar surface area (TPSA) is 37.4 Å². The number of hydrogen-bond acceptors (Lipinski definition) is 3. The number of thiophene rings is 1. The monoisotopic (exact) mass is 315 g/mol. The van der Waals surface area contributed by atoms with E-state index >= 15 is 0 Å². The van der Waals surface area contributed by atoms with Crippen molar-refractivity contribution in [2.45, 2.75) is 25.7 Å². The maximum Gasteiger partial charge on any atom is 0.230 e. The lowest BCUT2D eigenvalue weighted by atomic mass is 9.87. The highest BCUT2D eigenvalue weighted by Gasteiger charge is 2.27. The lowest BCUT2D eigenvalue weighted by Gasteiger charge is -2.25. The molecule has 0 unspecified atom stereocenters. The van der Waals surface area contributed by atoms with Crippen LogP contribution in [0.15, 0.2) is 15.9 Å². The molecule has 1 fully saturated rings. The van der Waals surface area contributed by atoms with Crippen molar-refractivity contribution in [1.29, 1.82) is 0 Å². The Morgan fingerprint density at radius 2 is 2.06 bits per heavy atom. The van der Waals surface area contributed by atoms with E-state index < -0.39 is 0 Å². The fraction of sp³-hybridized carbons (Fsp3) is 0.500. The highest BCUT2D eigenvalue weighted by Crippen LogP contribution is 2.31. The number of amides is 1. The van der Waals surface area contributed by atoms with Crippen LogP contribution in [0, 0.1) is 5.92 Å². The first-order chi connectivity index (χ1) is 8.08. The summed E-state index contributed by atoms with van der Waals surface area (Å²) in [7, 11) is 1.80. The second-order valence-corrected chi connectivity index (χ2v) is 6.73. The van der Waals surface area contributed by atoms with Crippen molar-refractivity contribution in [3.63, 3.8) is 0 Å². The van der Waals surface area contributed by atoms with E-state index in [1.54, 1.807) is 23.3 Å². The van der Waals surface area contributed by atoms with Crippen molar-refractivity contribution < 1.29 is 9.59 Å². The Bertz CT molecular complexity index is 433. The van der Waals surface area contributed by atoms with Gasteiger partial charge in [0.2, 0.25) is 5.91 Å². The standard InChI is InChI=1S/C12H14BrNO2S/c1-14(11-7-6-10(13)17-11)12(16)8-2-4-9(15)5-3-8/h6-8H,2-5H2,1H3. The summed E-state index contributed by atoms with van der Waals surface area (Å²) in [5, 5.41) is 0.943. The van der Waals surface area contributed by atoms with Crippen LogP contribution in [0.5, 0.6) is 0 Å². The molecule has 1 aliphatic carbocycles. The van der Waals surface area contributed by atoms with Gasteiger partial charge in [0, 0.05) is 25.8 Å².